The molecule has 1 saturated carbocycles. The molecule has 0 bridgehead atoms. The van der Waals surface area contributed by atoms with Gasteiger partial charge in [0.1, 0.15) is 6.20 Å². The van der Waals surface area contributed by atoms with E-state index in [9.17, 15) is 10.1 Å². The number of fused-ring (bicyclic) bond motifs is 2. The molecule has 7 heteroatoms. The van der Waals surface area contributed by atoms with Gasteiger partial charge in [0.2, 0.25) is 5.65 Å². The van der Waals surface area contributed by atoms with E-state index in [1.807, 2.05) is 6.07 Å². The standard InChI is InChI=1S/C13H15N5O2/c1-13(2)8-6-16(7-9(8)13)11-4-3-10-14-5-12(18(19)20)17(10)15-11/h3-5,8-9H,6-7H2,1-2H3. The first kappa shape index (κ1) is 11.6. The van der Waals surface area contributed by atoms with E-state index in [1.165, 1.54) is 10.7 Å². The maximum atomic E-state index is 10.9. The maximum Gasteiger partial charge on any atom is 0.368 e. The van der Waals surface area contributed by atoms with E-state index >= 15 is 0 Å². The summed E-state index contributed by atoms with van der Waals surface area (Å²) in [6, 6.07) is 3.67. The van der Waals surface area contributed by atoms with Crippen molar-refractivity contribution in [3.63, 3.8) is 0 Å². The van der Waals surface area contributed by atoms with Crippen LogP contribution in [-0.4, -0.2) is 32.6 Å². The Labute approximate surface area is 115 Å². The Morgan fingerprint density at radius 3 is 2.70 bits per heavy atom. The van der Waals surface area contributed by atoms with Crippen LogP contribution >= 0.6 is 0 Å². The number of nitro groups is 1. The van der Waals surface area contributed by atoms with E-state index in [4.69, 9.17) is 0 Å². The van der Waals surface area contributed by atoms with Gasteiger partial charge in [-0.15, -0.1) is 0 Å². The highest BCUT2D eigenvalue weighted by molar-refractivity contribution is 5.50. The van der Waals surface area contributed by atoms with Gasteiger partial charge in [0.05, 0.1) is 0 Å². The number of anilines is 1. The third-order valence-electron chi connectivity index (χ3n) is 4.96. The molecule has 1 aliphatic carbocycles. The van der Waals surface area contributed by atoms with Crippen LogP contribution in [-0.2, 0) is 0 Å². The van der Waals surface area contributed by atoms with E-state index < -0.39 is 4.92 Å². The minimum absolute atomic E-state index is 0.0912. The number of aromatic nitrogens is 3. The summed E-state index contributed by atoms with van der Waals surface area (Å²) in [7, 11) is 0. The molecule has 2 atom stereocenters. The van der Waals surface area contributed by atoms with Crippen molar-refractivity contribution in [1.29, 1.82) is 0 Å². The number of nitrogens with zero attached hydrogens (tertiary/aromatic N) is 5. The number of piperidine rings is 1. The second-order valence-corrected chi connectivity index (χ2v) is 6.27. The molecule has 1 saturated heterocycles. The average molecular weight is 273 g/mol. The predicted molar refractivity (Wildman–Crippen MR) is 72.6 cm³/mol. The van der Waals surface area contributed by atoms with Crippen LogP contribution < -0.4 is 4.90 Å². The second kappa shape index (κ2) is 3.47. The maximum absolute atomic E-state index is 10.9. The van der Waals surface area contributed by atoms with Crippen molar-refractivity contribution in [1.82, 2.24) is 14.6 Å². The van der Waals surface area contributed by atoms with E-state index in [0.29, 0.717) is 11.1 Å². The first-order chi connectivity index (χ1) is 9.48. The van der Waals surface area contributed by atoms with Crippen molar-refractivity contribution in [2.24, 2.45) is 17.3 Å². The SMILES string of the molecule is CC1(C)C2CN(c3ccc4ncc([N+](=O)[O-])n4n3)CC21. The van der Waals surface area contributed by atoms with Crippen LogP contribution in [0.2, 0.25) is 0 Å². The Morgan fingerprint density at radius 1 is 1.35 bits per heavy atom. The monoisotopic (exact) mass is 273 g/mol. The molecule has 0 amide bonds. The minimum Gasteiger partial charge on any atom is -0.358 e. The number of imidazole rings is 1. The van der Waals surface area contributed by atoms with Crippen molar-refractivity contribution in [3.8, 4) is 0 Å². The van der Waals surface area contributed by atoms with Crippen LogP contribution in [0.3, 0.4) is 0 Å². The predicted octanol–water partition coefficient (Wildman–Crippen LogP) is 1.73. The summed E-state index contributed by atoms with van der Waals surface area (Å²) >= 11 is 0. The molecular formula is C13H15N5O2. The van der Waals surface area contributed by atoms with Crippen molar-refractivity contribution in [2.45, 2.75) is 13.8 Å². The summed E-state index contributed by atoms with van der Waals surface area (Å²) in [6.45, 7) is 6.57. The summed E-state index contributed by atoms with van der Waals surface area (Å²) in [4.78, 5) is 16.7. The molecule has 2 unspecified atom stereocenters. The molecular weight excluding hydrogens is 258 g/mol. The molecule has 4 rings (SSSR count). The zero-order valence-corrected chi connectivity index (χ0v) is 11.4. The molecule has 0 radical (unpaired) electrons. The highest BCUT2D eigenvalue weighted by Gasteiger charge is 2.62. The average Bonchev–Trinajstić information content (AvgIpc) is 2.87. The lowest BCUT2D eigenvalue weighted by atomic mass is 10.1. The van der Waals surface area contributed by atoms with E-state index in [1.54, 1.807) is 6.07 Å². The van der Waals surface area contributed by atoms with Crippen molar-refractivity contribution < 1.29 is 4.92 Å². The van der Waals surface area contributed by atoms with E-state index in [0.717, 1.165) is 30.7 Å². The summed E-state index contributed by atoms with van der Waals surface area (Å²) in [6.07, 6.45) is 1.25. The van der Waals surface area contributed by atoms with Gasteiger partial charge in [-0.2, -0.15) is 0 Å². The highest BCUT2D eigenvalue weighted by atomic mass is 16.6. The van der Waals surface area contributed by atoms with Gasteiger partial charge in [0.15, 0.2) is 5.82 Å². The number of hydrogen-bond donors (Lipinski definition) is 0. The largest absolute Gasteiger partial charge is 0.368 e. The molecule has 20 heavy (non-hydrogen) atoms. The van der Waals surface area contributed by atoms with Crippen LogP contribution in [0.4, 0.5) is 11.6 Å². The quantitative estimate of drug-likeness (QED) is 0.615. The summed E-state index contributed by atoms with van der Waals surface area (Å²) in [5.74, 6) is 2.14. The molecule has 0 N–H and O–H groups in total. The molecule has 1 aliphatic heterocycles. The first-order valence-electron chi connectivity index (χ1n) is 6.72. The summed E-state index contributed by atoms with van der Waals surface area (Å²) in [5, 5.41) is 15.3. The molecule has 2 aliphatic rings. The van der Waals surface area contributed by atoms with E-state index in [-0.39, 0.29) is 5.82 Å². The van der Waals surface area contributed by atoms with Crippen molar-refractivity contribution in [3.05, 3.63) is 28.4 Å². The van der Waals surface area contributed by atoms with Crippen LogP contribution in [0.1, 0.15) is 13.8 Å². The zero-order valence-electron chi connectivity index (χ0n) is 11.4. The summed E-state index contributed by atoms with van der Waals surface area (Å²) < 4.78 is 1.31. The lowest BCUT2D eigenvalue weighted by Gasteiger charge is -2.21. The smallest absolute Gasteiger partial charge is 0.358 e. The topological polar surface area (TPSA) is 76.6 Å². The molecule has 2 fully saturated rings. The molecule has 3 heterocycles. The van der Waals surface area contributed by atoms with Crippen LogP contribution in [0.5, 0.6) is 0 Å². The molecule has 0 aromatic carbocycles. The highest BCUT2D eigenvalue weighted by Crippen LogP contribution is 2.62. The second-order valence-electron chi connectivity index (χ2n) is 6.27. The third kappa shape index (κ3) is 1.40. The fourth-order valence-electron chi connectivity index (χ4n) is 3.46. The Balaban J connectivity index is 1.68. The van der Waals surface area contributed by atoms with Gasteiger partial charge in [-0.25, -0.2) is 4.98 Å². The first-order valence-corrected chi connectivity index (χ1v) is 6.72. The Kier molecular flexibility index (Phi) is 2.02. The van der Waals surface area contributed by atoms with Gasteiger partial charge in [-0.1, -0.05) is 23.5 Å². The van der Waals surface area contributed by atoms with Crippen molar-refractivity contribution in [2.75, 3.05) is 18.0 Å². The third-order valence-corrected chi connectivity index (χ3v) is 4.96. The van der Waals surface area contributed by atoms with Gasteiger partial charge < -0.3 is 15.0 Å². The summed E-state index contributed by atoms with van der Waals surface area (Å²) in [5.41, 5.74) is 0.951. The van der Waals surface area contributed by atoms with Crippen LogP contribution in [0.25, 0.3) is 5.65 Å². The number of rotatable bonds is 2. The van der Waals surface area contributed by atoms with E-state index in [2.05, 4.69) is 28.8 Å². The molecule has 0 spiro atoms. The Hall–Kier alpha value is -2.18. The fourth-order valence-corrected chi connectivity index (χ4v) is 3.46. The Morgan fingerprint density at radius 2 is 2.05 bits per heavy atom. The minimum atomic E-state index is -0.457. The molecule has 2 aromatic rings. The molecule has 7 nitrogen and oxygen atoms in total. The van der Waals surface area contributed by atoms with Gasteiger partial charge in [-0.05, 0) is 28.2 Å². The zero-order chi connectivity index (χ0) is 14.1. The Bertz CT molecular complexity index is 709. The van der Waals surface area contributed by atoms with Crippen molar-refractivity contribution >= 4 is 17.3 Å². The normalized spacial score (nSPS) is 26.8. The van der Waals surface area contributed by atoms with Crippen LogP contribution in [0, 0.1) is 27.4 Å². The van der Waals surface area contributed by atoms with Gasteiger partial charge in [0.25, 0.3) is 0 Å². The lowest BCUT2D eigenvalue weighted by molar-refractivity contribution is -0.391. The fraction of sp³-hybridized carbons (Fsp3) is 0.538. The van der Waals surface area contributed by atoms with Gasteiger partial charge in [0, 0.05) is 19.2 Å². The lowest BCUT2D eigenvalue weighted by Crippen LogP contribution is -2.27. The van der Waals surface area contributed by atoms with Gasteiger partial charge >= 0.3 is 5.82 Å². The molecule has 2 aromatic heterocycles. The van der Waals surface area contributed by atoms with Crippen LogP contribution in [0.15, 0.2) is 18.3 Å². The molecule has 104 valence electrons. The number of hydrogen-bond acceptors (Lipinski definition) is 5. The van der Waals surface area contributed by atoms with Gasteiger partial charge in [-0.3, -0.25) is 0 Å².